The van der Waals surface area contributed by atoms with Crippen LogP contribution in [0.15, 0.2) is 65.2 Å². The topological polar surface area (TPSA) is 89.1 Å². The minimum absolute atomic E-state index is 0.0723. The molecule has 0 unspecified atom stereocenters. The van der Waals surface area contributed by atoms with Gasteiger partial charge in [0.2, 0.25) is 5.82 Å². The zero-order valence-electron chi connectivity index (χ0n) is 17.9. The molecule has 0 atom stereocenters. The van der Waals surface area contributed by atoms with Gasteiger partial charge in [-0.25, -0.2) is 4.79 Å². The number of urea groups is 1. The van der Waals surface area contributed by atoms with Gasteiger partial charge in [-0.05, 0) is 12.0 Å². The molecule has 8 nitrogen and oxygen atoms in total. The zero-order valence-corrected chi connectivity index (χ0v) is 17.9. The lowest BCUT2D eigenvalue weighted by Gasteiger charge is -2.27. The van der Waals surface area contributed by atoms with E-state index in [4.69, 9.17) is 4.52 Å². The van der Waals surface area contributed by atoms with Crippen LogP contribution in [-0.2, 0) is 26.4 Å². The number of nitrogens with one attached hydrogen (secondary N) is 1. The zero-order chi connectivity index (χ0) is 21.9. The van der Waals surface area contributed by atoms with E-state index in [1.807, 2.05) is 65.2 Å². The van der Waals surface area contributed by atoms with Gasteiger partial charge in [-0.1, -0.05) is 65.8 Å². The van der Waals surface area contributed by atoms with Crippen LogP contribution >= 0.6 is 0 Å². The van der Waals surface area contributed by atoms with Crippen molar-refractivity contribution in [3.8, 4) is 23.0 Å². The number of hydrogen-bond acceptors (Lipinski definition) is 5. The predicted molar refractivity (Wildman–Crippen MR) is 120 cm³/mol. The normalized spacial score (nSPS) is 13.1. The molecule has 2 aromatic carbocycles. The molecule has 0 saturated heterocycles. The molecule has 1 N–H and O–H groups in total. The van der Waals surface area contributed by atoms with E-state index in [0.29, 0.717) is 37.0 Å². The Balaban J connectivity index is 1.30. The standard InChI is InChI=1S/C24H24N6O2/c1-29-20-13-15-30(24(31)25-14-12-17-8-4-2-5-9-17)16-19(20)21(27-29)23-26-22(28-32-23)18-10-6-3-7-11-18/h2-11H,12-16H2,1H3,(H,25,31). The summed E-state index contributed by atoms with van der Waals surface area (Å²) < 4.78 is 7.39. The second kappa shape index (κ2) is 8.66. The third-order valence-corrected chi connectivity index (χ3v) is 5.72. The second-order valence-electron chi connectivity index (χ2n) is 7.83. The molecule has 5 rings (SSSR count). The maximum absolute atomic E-state index is 12.8. The van der Waals surface area contributed by atoms with Gasteiger partial charge < -0.3 is 14.7 Å². The highest BCUT2D eigenvalue weighted by molar-refractivity contribution is 5.75. The molecule has 1 aliphatic rings. The smallest absolute Gasteiger partial charge is 0.317 e. The Hall–Kier alpha value is -3.94. The fourth-order valence-corrected chi connectivity index (χ4v) is 4.03. The monoisotopic (exact) mass is 428 g/mol. The summed E-state index contributed by atoms with van der Waals surface area (Å²) in [4.78, 5) is 19.1. The van der Waals surface area contributed by atoms with Gasteiger partial charge in [-0.2, -0.15) is 10.1 Å². The van der Waals surface area contributed by atoms with Gasteiger partial charge in [0.05, 0.1) is 6.54 Å². The maximum Gasteiger partial charge on any atom is 0.317 e. The Morgan fingerprint density at radius 3 is 2.62 bits per heavy atom. The number of carbonyl (C=O) groups excluding carboxylic acids is 1. The molecule has 0 fully saturated rings. The molecule has 0 radical (unpaired) electrons. The minimum Gasteiger partial charge on any atom is -0.338 e. The van der Waals surface area contributed by atoms with Crippen molar-refractivity contribution in [1.29, 1.82) is 0 Å². The van der Waals surface area contributed by atoms with E-state index in [0.717, 1.165) is 29.7 Å². The van der Waals surface area contributed by atoms with E-state index in [1.165, 1.54) is 5.56 Å². The van der Waals surface area contributed by atoms with Crippen LogP contribution in [0.3, 0.4) is 0 Å². The Morgan fingerprint density at radius 2 is 1.84 bits per heavy atom. The molecule has 0 aliphatic carbocycles. The number of nitrogens with zero attached hydrogens (tertiary/aromatic N) is 5. The number of fused-ring (bicyclic) bond motifs is 1. The molecule has 162 valence electrons. The first-order valence-electron chi connectivity index (χ1n) is 10.7. The summed E-state index contributed by atoms with van der Waals surface area (Å²) in [7, 11) is 1.91. The molecule has 8 heteroatoms. The summed E-state index contributed by atoms with van der Waals surface area (Å²) >= 11 is 0. The first kappa shape index (κ1) is 20.0. The Kier molecular flexibility index (Phi) is 5.41. The number of aromatic nitrogens is 4. The third-order valence-electron chi connectivity index (χ3n) is 5.72. The van der Waals surface area contributed by atoms with Crippen molar-refractivity contribution in [2.75, 3.05) is 13.1 Å². The van der Waals surface area contributed by atoms with Crippen LogP contribution in [0.4, 0.5) is 4.79 Å². The molecule has 0 saturated carbocycles. The summed E-state index contributed by atoms with van der Waals surface area (Å²) in [5, 5.41) is 11.8. The van der Waals surface area contributed by atoms with E-state index in [1.54, 1.807) is 0 Å². The quantitative estimate of drug-likeness (QED) is 0.526. The van der Waals surface area contributed by atoms with Gasteiger partial charge in [0.25, 0.3) is 5.89 Å². The maximum atomic E-state index is 12.8. The molecule has 0 bridgehead atoms. The van der Waals surface area contributed by atoms with Crippen LogP contribution in [0.2, 0.25) is 0 Å². The highest BCUT2D eigenvalue weighted by atomic mass is 16.5. The Morgan fingerprint density at radius 1 is 1.09 bits per heavy atom. The van der Waals surface area contributed by atoms with Crippen molar-refractivity contribution in [3.63, 3.8) is 0 Å². The fraction of sp³-hybridized carbons (Fsp3) is 0.250. The molecule has 2 amide bonds. The lowest BCUT2D eigenvalue weighted by Crippen LogP contribution is -2.43. The van der Waals surface area contributed by atoms with Gasteiger partial charge in [0.1, 0.15) is 0 Å². The van der Waals surface area contributed by atoms with Crippen LogP contribution in [0, 0.1) is 0 Å². The summed E-state index contributed by atoms with van der Waals surface area (Å²) in [6, 6.07) is 19.7. The van der Waals surface area contributed by atoms with Crippen LogP contribution in [0.5, 0.6) is 0 Å². The van der Waals surface area contributed by atoms with Crippen molar-refractivity contribution in [2.45, 2.75) is 19.4 Å². The first-order chi connectivity index (χ1) is 15.7. The lowest BCUT2D eigenvalue weighted by atomic mass is 10.1. The van der Waals surface area contributed by atoms with Gasteiger partial charge >= 0.3 is 6.03 Å². The predicted octanol–water partition coefficient (Wildman–Crippen LogP) is 3.45. The Bertz CT molecular complexity index is 1220. The fourth-order valence-electron chi connectivity index (χ4n) is 4.03. The van der Waals surface area contributed by atoms with E-state index in [9.17, 15) is 4.79 Å². The summed E-state index contributed by atoms with van der Waals surface area (Å²) in [5.41, 5.74) is 4.77. The number of rotatable bonds is 5. The van der Waals surface area contributed by atoms with Crippen molar-refractivity contribution in [1.82, 2.24) is 30.1 Å². The third kappa shape index (κ3) is 3.99. The molecule has 1 aliphatic heterocycles. The first-order valence-corrected chi connectivity index (χ1v) is 10.7. The van der Waals surface area contributed by atoms with E-state index < -0.39 is 0 Å². The average Bonchev–Trinajstić information content (AvgIpc) is 3.45. The van der Waals surface area contributed by atoms with E-state index in [-0.39, 0.29) is 6.03 Å². The molecule has 32 heavy (non-hydrogen) atoms. The molecular formula is C24H24N6O2. The molecule has 2 aromatic heterocycles. The number of carbonyl (C=O) groups is 1. The number of hydrogen-bond donors (Lipinski definition) is 1. The van der Waals surface area contributed by atoms with E-state index in [2.05, 4.69) is 32.7 Å². The van der Waals surface area contributed by atoms with Crippen molar-refractivity contribution in [3.05, 3.63) is 77.5 Å². The second-order valence-corrected chi connectivity index (χ2v) is 7.83. The molecular weight excluding hydrogens is 404 g/mol. The lowest BCUT2D eigenvalue weighted by molar-refractivity contribution is 0.192. The van der Waals surface area contributed by atoms with E-state index >= 15 is 0 Å². The molecule has 0 spiro atoms. The number of amides is 2. The van der Waals surface area contributed by atoms with Gasteiger partial charge in [0.15, 0.2) is 5.69 Å². The van der Waals surface area contributed by atoms with Gasteiger partial charge in [0, 0.05) is 43.4 Å². The van der Waals surface area contributed by atoms with Crippen molar-refractivity contribution < 1.29 is 9.32 Å². The highest BCUT2D eigenvalue weighted by Crippen LogP contribution is 2.30. The van der Waals surface area contributed by atoms with Crippen LogP contribution in [0.1, 0.15) is 16.8 Å². The minimum atomic E-state index is -0.0723. The SMILES string of the molecule is Cn1nc(-c2nc(-c3ccccc3)no2)c2c1CCN(C(=O)NCCc1ccccc1)C2. The highest BCUT2D eigenvalue weighted by Gasteiger charge is 2.29. The molecule has 3 heterocycles. The van der Waals surface area contributed by atoms with Gasteiger partial charge in [-0.15, -0.1) is 0 Å². The van der Waals surface area contributed by atoms with Crippen molar-refractivity contribution >= 4 is 6.03 Å². The van der Waals surface area contributed by atoms with Crippen molar-refractivity contribution in [2.24, 2.45) is 7.05 Å². The van der Waals surface area contributed by atoms with Gasteiger partial charge in [-0.3, -0.25) is 4.68 Å². The van der Waals surface area contributed by atoms with Crippen LogP contribution < -0.4 is 5.32 Å². The largest absolute Gasteiger partial charge is 0.338 e. The molecule has 4 aromatic rings. The summed E-state index contributed by atoms with van der Waals surface area (Å²) in [5.74, 6) is 0.887. The summed E-state index contributed by atoms with van der Waals surface area (Å²) in [6.45, 7) is 1.69. The number of aryl methyl sites for hydroxylation is 1. The van der Waals surface area contributed by atoms with Crippen LogP contribution in [0.25, 0.3) is 23.0 Å². The summed E-state index contributed by atoms with van der Waals surface area (Å²) in [6.07, 6.45) is 1.53. The Labute approximate surface area is 185 Å². The number of benzene rings is 2. The van der Waals surface area contributed by atoms with Crippen LogP contribution in [-0.4, -0.2) is 43.9 Å². The average molecular weight is 428 g/mol.